The van der Waals surface area contributed by atoms with E-state index in [0.717, 1.165) is 25.9 Å². The van der Waals surface area contributed by atoms with Gasteiger partial charge in [0.2, 0.25) is 0 Å². The Hall–Kier alpha value is -0.380. The lowest BCUT2D eigenvalue weighted by Crippen LogP contribution is -2.41. The zero-order valence-electron chi connectivity index (χ0n) is 15.0. The molecule has 1 spiro atoms. The number of ether oxygens (including phenoxy) is 3. The Morgan fingerprint density at radius 2 is 2.04 bits per heavy atom. The molecule has 0 aromatic rings. The van der Waals surface area contributed by atoms with Gasteiger partial charge in [0.15, 0.2) is 6.29 Å². The maximum absolute atomic E-state index is 6.50. The molecule has 23 heavy (non-hydrogen) atoms. The highest BCUT2D eigenvalue weighted by atomic mass is 16.7. The van der Waals surface area contributed by atoms with Gasteiger partial charge in [-0.05, 0) is 76.5 Å². The lowest BCUT2D eigenvalue weighted by Gasteiger charge is -2.30. The number of hydrogen-bond donors (Lipinski definition) is 0. The Morgan fingerprint density at radius 1 is 1.22 bits per heavy atom. The third-order valence-electron chi connectivity index (χ3n) is 7.14. The van der Waals surface area contributed by atoms with Crippen molar-refractivity contribution in [2.24, 2.45) is 17.8 Å². The average molecular weight is 320 g/mol. The molecule has 4 fully saturated rings. The first kappa shape index (κ1) is 16.1. The zero-order valence-corrected chi connectivity index (χ0v) is 15.0. The van der Waals surface area contributed by atoms with Crippen LogP contribution in [0.1, 0.15) is 65.7 Å². The summed E-state index contributed by atoms with van der Waals surface area (Å²) in [4.78, 5) is 0. The molecule has 2 aliphatic heterocycles. The van der Waals surface area contributed by atoms with Crippen molar-refractivity contribution in [1.82, 2.24) is 0 Å². The Morgan fingerprint density at radius 3 is 2.74 bits per heavy atom. The average Bonchev–Trinajstić information content (AvgIpc) is 3.07. The van der Waals surface area contributed by atoms with Crippen LogP contribution in [-0.4, -0.2) is 30.2 Å². The molecular weight excluding hydrogens is 288 g/mol. The number of epoxide rings is 1. The van der Waals surface area contributed by atoms with Crippen molar-refractivity contribution in [3.8, 4) is 0 Å². The molecule has 3 nitrogen and oxygen atoms in total. The molecule has 2 aliphatic carbocycles. The van der Waals surface area contributed by atoms with E-state index in [4.69, 9.17) is 14.2 Å². The van der Waals surface area contributed by atoms with E-state index in [1.54, 1.807) is 0 Å². The van der Waals surface area contributed by atoms with Gasteiger partial charge in [0, 0.05) is 6.61 Å². The van der Waals surface area contributed by atoms with Gasteiger partial charge in [-0.25, -0.2) is 0 Å². The molecule has 130 valence electrons. The monoisotopic (exact) mass is 320 g/mol. The summed E-state index contributed by atoms with van der Waals surface area (Å²) >= 11 is 0. The number of hydrogen-bond acceptors (Lipinski definition) is 3. The minimum Gasteiger partial charge on any atom is -0.360 e. The molecule has 5 unspecified atom stereocenters. The highest BCUT2D eigenvalue weighted by Gasteiger charge is 2.78. The van der Waals surface area contributed by atoms with Crippen LogP contribution in [-0.2, 0) is 14.2 Å². The van der Waals surface area contributed by atoms with Gasteiger partial charge in [-0.2, -0.15) is 0 Å². The first-order valence-electron chi connectivity index (χ1n) is 9.59. The van der Waals surface area contributed by atoms with Crippen molar-refractivity contribution in [3.63, 3.8) is 0 Å². The Balaban J connectivity index is 1.56. The van der Waals surface area contributed by atoms with E-state index >= 15 is 0 Å². The van der Waals surface area contributed by atoms with Crippen molar-refractivity contribution in [1.29, 1.82) is 0 Å². The van der Waals surface area contributed by atoms with Crippen LogP contribution in [0.25, 0.3) is 0 Å². The molecular formula is C20H32O3. The fourth-order valence-electron chi connectivity index (χ4n) is 5.69. The quantitative estimate of drug-likeness (QED) is 0.568. The van der Waals surface area contributed by atoms with Crippen LogP contribution >= 0.6 is 0 Å². The molecule has 0 bridgehead atoms. The normalized spacial score (nSPS) is 52.4. The van der Waals surface area contributed by atoms with Gasteiger partial charge in [-0.3, -0.25) is 0 Å². The third-order valence-corrected chi connectivity index (χ3v) is 7.14. The number of rotatable bonds is 3. The van der Waals surface area contributed by atoms with E-state index < -0.39 is 0 Å². The van der Waals surface area contributed by atoms with Crippen molar-refractivity contribution < 1.29 is 14.2 Å². The van der Waals surface area contributed by atoms with Crippen LogP contribution in [0.3, 0.4) is 0 Å². The van der Waals surface area contributed by atoms with Crippen LogP contribution in [0.2, 0.25) is 0 Å². The largest absolute Gasteiger partial charge is 0.360 e. The predicted octanol–water partition coefficient (Wildman–Crippen LogP) is 4.46. The highest BCUT2D eigenvalue weighted by Crippen LogP contribution is 2.68. The molecule has 0 radical (unpaired) electrons. The Bertz CT molecular complexity index is 483. The molecule has 4 rings (SSSR count). The highest BCUT2D eigenvalue weighted by molar-refractivity contribution is 5.27. The minimum absolute atomic E-state index is 0.00591. The second kappa shape index (κ2) is 5.57. The number of allylic oxidation sites excluding steroid dienone is 1. The second-order valence-corrected chi connectivity index (χ2v) is 8.68. The van der Waals surface area contributed by atoms with Crippen LogP contribution in [0.4, 0.5) is 0 Å². The van der Waals surface area contributed by atoms with E-state index in [9.17, 15) is 0 Å². The first-order chi connectivity index (χ1) is 11.0. The van der Waals surface area contributed by atoms with Gasteiger partial charge < -0.3 is 14.2 Å². The van der Waals surface area contributed by atoms with E-state index in [1.165, 1.54) is 31.3 Å². The summed E-state index contributed by atoms with van der Waals surface area (Å²) < 4.78 is 18.8. The van der Waals surface area contributed by atoms with Crippen LogP contribution in [0.15, 0.2) is 12.2 Å². The van der Waals surface area contributed by atoms with Gasteiger partial charge in [0.05, 0.1) is 11.7 Å². The Kier molecular flexibility index (Phi) is 3.90. The molecule has 7 atom stereocenters. The van der Waals surface area contributed by atoms with E-state index in [2.05, 4.69) is 27.4 Å². The second-order valence-electron chi connectivity index (χ2n) is 8.68. The molecule has 2 heterocycles. The molecule has 0 aromatic carbocycles. The summed E-state index contributed by atoms with van der Waals surface area (Å²) in [6, 6.07) is 0. The van der Waals surface area contributed by atoms with E-state index in [-0.39, 0.29) is 23.6 Å². The van der Waals surface area contributed by atoms with Gasteiger partial charge in [0.1, 0.15) is 5.60 Å². The van der Waals surface area contributed by atoms with Crippen molar-refractivity contribution in [2.45, 2.75) is 89.3 Å². The van der Waals surface area contributed by atoms with Crippen molar-refractivity contribution in [3.05, 3.63) is 12.2 Å². The third kappa shape index (κ3) is 2.42. The lowest BCUT2D eigenvalue weighted by molar-refractivity contribution is -0.198. The van der Waals surface area contributed by atoms with Crippen molar-refractivity contribution >= 4 is 0 Å². The molecule has 2 saturated carbocycles. The van der Waals surface area contributed by atoms with Crippen LogP contribution in [0, 0.1) is 17.8 Å². The zero-order chi connectivity index (χ0) is 16.2. The fraction of sp³-hybridized carbons (Fsp3) is 0.900. The van der Waals surface area contributed by atoms with E-state index in [0.29, 0.717) is 17.8 Å². The lowest BCUT2D eigenvalue weighted by atomic mass is 9.78. The summed E-state index contributed by atoms with van der Waals surface area (Å²) in [7, 11) is 0. The van der Waals surface area contributed by atoms with Crippen LogP contribution in [0.5, 0.6) is 0 Å². The molecule has 0 amide bonds. The minimum atomic E-state index is -0.0581. The summed E-state index contributed by atoms with van der Waals surface area (Å²) in [5.74, 6) is 1.91. The molecule has 2 saturated heterocycles. The smallest absolute Gasteiger partial charge is 0.158 e. The van der Waals surface area contributed by atoms with Crippen LogP contribution < -0.4 is 0 Å². The molecule has 3 heteroatoms. The predicted molar refractivity (Wildman–Crippen MR) is 90.1 cm³/mol. The topological polar surface area (TPSA) is 31.0 Å². The standard InChI is InChI=1S/C20H32O3/c1-13(2)15-8-9-19(4)20(23-19)16(12-15)14(3)11-17(20)22-18-7-5-6-10-21-18/h14-18H,1,5-12H2,2-4H3/t14-,15+,16?,17?,18?,19?,20?/m0/s1. The van der Waals surface area contributed by atoms with Crippen molar-refractivity contribution in [2.75, 3.05) is 6.61 Å². The maximum Gasteiger partial charge on any atom is 0.158 e. The summed E-state index contributed by atoms with van der Waals surface area (Å²) in [6.07, 6.45) is 8.31. The summed E-state index contributed by atoms with van der Waals surface area (Å²) in [5.41, 5.74) is 1.29. The summed E-state index contributed by atoms with van der Waals surface area (Å²) in [6.45, 7) is 12.0. The molecule has 0 N–H and O–H groups in total. The van der Waals surface area contributed by atoms with Gasteiger partial charge in [-0.1, -0.05) is 19.1 Å². The Labute approximate surface area is 140 Å². The van der Waals surface area contributed by atoms with Gasteiger partial charge >= 0.3 is 0 Å². The van der Waals surface area contributed by atoms with E-state index in [1.807, 2.05) is 0 Å². The maximum atomic E-state index is 6.50. The molecule has 4 aliphatic rings. The first-order valence-corrected chi connectivity index (χ1v) is 9.59. The van der Waals surface area contributed by atoms with Gasteiger partial charge in [-0.15, -0.1) is 0 Å². The fourth-order valence-corrected chi connectivity index (χ4v) is 5.69. The van der Waals surface area contributed by atoms with Gasteiger partial charge in [0.25, 0.3) is 0 Å². The molecule has 0 aromatic heterocycles. The summed E-state index contributed by atoms with van der Waals surface area (Å²) in [5, 5.41) is 0. The SMILES string of the molecule is C=C(C)[C@@H]1CCC2(C)OC23C(OC2CCCCO2)C[C@H](C)C3C1.